The largest absolute Gasteiger partial charge is 0.0714 e. The molecule has 0 saturated carbocycles. The van der Waals surface area contributed by atoms with E-state index in [1.807, 2.05) is 0 Å². The van der Waals surface area contributed by atoms with Crippen molar-refractivity contribution in [3.63, 3.8) is 0 Å². The Bertz CT molecular complexity index is 2610. The molecule has 0 heteroatoms. The second-order valence-corrected chi connectivity index (χ2v) is 13.5. The van der Waals surface area contributed by atoms with Crippen molar-refractivity contribution in [2.45, 2.75) is 10.8 Å². The zero-order valence-corrected chi connectivity index (χ0v) is 26.3. The third-order valence-electron chi connectivity index (χ3n) is 11.5. The number of rotatable bonds is 4. The van der Waals surface area contributed by atoms with Crippen LogP contribution in [0.4, 0.5) is 0 Å². The average Bonchev–Trinajstić information content (AvgIpc) is 3.47. The highest BCUT2D eigenvalue weighted by molar-refractivity contribution is 6.29. The van der Waals surface area contributed by atoms with Crippen LogP contribution in [0.15, 0.2) is 182 Å². The molecule has 0 atom stereocenters. The number of hydrogen-bond acceptors (Lipinski definition) is 0. The molecule has 0 aliphatic heterocycles. The predicted octanol–water partition coefficient (Wildman–Crippen LogP) is 11.6. The van der Waals surface area contributed by atoms with Gasteiger partial charge in [-0.3, -0.25) is 0 Å². The van der Waals surface area contributed by atoms with Gasteiger partial charge in [0.25, 0.3) is 0 Å². The van der Waals surface area contributed by atoms with Crippen LogP contribution in [-0.2, 0) is 10.8 Å². The lowest BCUT2D eigenvalue weighted by Crippen LogP contribution is -2.34. The molecule has 2 aliphatic carbocycles. The summed E-state index contributed by atoms with van der Waals surface area (Å²) in [7, 11) is 0. The first-order valence-corrected chi connectivity index (χ1v) is 16.9. The number of benzene rings is 9. The van der Waals surface area contributed by atoms with E-state index in [1.165, 1.54) is 88.0 Å². The summed E-state index contributed by atoms with van der Waals surface area (Å²) >= 11 is 0. The van der Waals surface area contributed by atoms with Crippen molar-refractivity contribution in [3.8, 4) is 11.1 Å². The maximum atomic E-state index is 2.54. The summed E-state index contributed by atoms with van der Waals surface area (Å²) in [6, 6.07) is 68.7. The van der Waals surface area contributed by atoms with E-state index in [-0.39, 0.29) is 0 Å². The third-order valence-corrected chi connectivity index (χ3v) is 11.5. The van der Waals surface area contributed by atoms with E-state index in [1.54, 1.807) is 0 Å². The van der Waals surface area contributed by atoms with Gasteiger partial charge in [-0.1, -0.05) is 170 Å². The van der Waals surface area contributed by atoms with Crippen LogP contribution in [0.5, 0.6) is 0 Å². The van der Waals surface area contributed by atoms with Crippen molar-refractivity contribution in [1.82, 2.24) is 0 Å². The van der Waals surface area contributed by atoms with E-state index in [0.29, 0.717) is 0 Å². The Balaban J connectivity index is 1.47. The highest BCUT2D eigenvalue weighted by Crippen LogP contribution is 2.66. The molecule has 48 heavy (non-hydrogen) atoms. The Hall–Kier alpha value is -5.98. The lowest BCUT2D eigenvalue weighted by Gasteiger charge is -2.42. The van der Waals surface area contributed by atoms with Gasteiger partial charge in [-0.25, -0.2) is 0 Å². The highest BCUT2D eigenvalue weighted by Gasteiger charge is 2.54. The van der Waals surface area contributed by atoms with Gasteiger partial charge in [0, 0.05) is 0 Å². The van der Waals surface area contributed by atoms with Gasteiger partial charge < -0.3 is 0 Å². The molecule has 0 amide bonds. The van der Waals surface area contributed by atoms with Crippen LogP contribution < -0.4 is 0 Å². The van der Waals surface area contributed by atoms with Gasteiger partial charge in [0.1, 0.15) is 0 Å². The lowest BCUT2D eigenvalue weighted by atomic mass is 9.59. The van der Waals surface area contributed by atoms with E-state index in [9.17, 15) is 0 Å². The number of hydrogen-bond donors (Lipinski definition) is 0. The van der Waals surface area contributed by atoms with Crippen molar-refractivity contribution in [1.29, 1.82) is 0 Å². The molecule has 0 unspecified atom stereocenters. The fraction of sp³-hybridized carbons (Fsp3) is 0.0417. The summed E-state index contributed by atoms with van der Waals surface area (Å²) < 4.78 is 0. The van der Waals surface area contributed by atoms with Crippen LogP contribution in [0.2, 0.25) is 0 Å². The molecule has 0 heterocycles. The van der Waals surface area contributed by atoms with Gasteiger partial charge in [0.05, 0.1) is 10.8 Å². The minimum atomic E-state index is -0.522. The van der Waals surface area contributed by atoms with Crippen molar-refractivity contribution in [2.75, 3.05) is 0 Å². The average molecular weight is 607 g/mol. The molecule has 9 aromatic rings. The van der Waals surface area contributed by atoms with Gasteiger partial charge in [0.2, 0.25) is 0 Å². The van der Waals surface area contributed by atoms with Crippen LogP contribution >= 0.6 is 0 Å². The zero-order chi connectivity index (χ0) is 31.5. The molecule has 0 aromatic heterocycles. The van der Waals surface area contributed by atoms with Crippen molar-refractivity contribution < 1.29 is 0 Å². The fourth-order valence-corrected chi connectivity index (χ4v) is 9.84. The summed E-state index contributed by atoms with van der Waals surface area (Å²) in [4.78, 5) is 0. The molecular weight excluding hydrogens is 577 g/mol. The Morgan fingerprint density at radius 3 is 1.21 bits per heavy atom. The second kappa shape index (κ2) is 9.31. The van der Waals surface area contributed by atoms with Crippen LogP contribution in [0.25, 0.3) is 43.4 Å². The van der Waals surface area contributed by atoms with Crippen molar-refractivity contribution in [3.05, 3.63) is 226 Å². The molecule has 9 aromatic carbocycles. The van der Waals surface area contributed by atoms with E-state index in [0.717, 1.165) is 0 Å². The van der Waals surface area contributed by atoms with Crippen LogP contribution in [0.3, 0.4) is 0 Å². The molecule has 0 nitrogen and oxygen atoms in total. The molecule has 0 N–H and O–H groups in total. The summed E-state index contributed by atoms with van der Waals surface area (Å²) in [6.07, 6.45) is 0. The predicted molar refractivity (Wildman–Crippen MR) is 199 cm³/mol. The minimum Gasteiger partial charge on any atom is -0.0622 e. The fourth-order valence-electron chi connectivity index (χ4n) is 9.84. The smallest absolute Gasteiger partial charge is 0.0622 e. The van der Waals surface area contributed by atoms with Gasteiger partial charge >= 0.3 is 0 Å². The molecule has 0 fully saturated rings. The molecule has 0 radical (unpaired) electrons. The van der Waals surface area contributed by atoms with Crippen molar-refractivity contribution in [2.24, 2.45) is 0 Å². The SMILES string of the molecule is c1ccc(C2(c3ccccc3)c3cccc4c3-c3c2cc2ccc5cccc6cc(c3c2c56)C4(c2ccccc2)c2ccccc2)cc1. The normalized spacial score (nSPS) is 15.0. The van der Waals surface area contributed by atoms with E-state index >= 15 is 0 Å². The standard InChI is InChI=1S/C48H30/c1-5-17-34(18-6-1)47(35-19-7-2-8-20-35)38-25-14-26-39-44(38)46-41(48(39,36-21-9-3-10-22-36)37-23-11-4-12-24-37)30-33-28-27-31-15-13-16-32-29-40(47)45(46)43(33)42(31)32/h1-30H. The van der Waals surface area contributed by atoms with Crippen LogP contribution in [0.1, 0.15) is 44.5 Å². The maximum absolute atomic E-state index is 2.54. The Morgan fingerprint density at radius 1 is 0.250 bits per heavy atom. The topological polar surface area (TPSA) is 0 Å². The van der Waals surface area contributed by atoms with E-state index in [4.69, 9.17) is 0 Å². The molecule has 2 aliphatic rings. The minimum absolute atomic E-state index is 0.478. The molecular formula is C48H30. The molecule has 222 valence electrons. The van der Waals surface area contributed by atoms with Crippen LogP contribution in [-0.4, -0.2) is 0 Å². The summed E-state index contributed by atoms with van der Waals surface area (Å²) in [5.41, 5.74) is 12.5. The maximum Gasteiger partial charge on any atom is 0.0714 e. The van der Waals surface area contributed by atoms with Gasteiger partial charge in [-0.05, 0) is 100 Å². The van der Waals surface area contributed by atoms with E-state index in [2.05, 4.69) is 182 Å². The van der Waals surface area contributed by atoms with Gasteiger partial charge in [-0.15, -0.1) is 0 Å². The molecule has 0 bridgehead atoms. The monoisotopic (exact) mass is 606 g/mol. The Morgan fingerprint density at radius 2 is 0.667 bits per heavy atom. The summed E-state index contributed by atoms with van der Waals surface area (Å²) in [6.45, 7) is 0. The molecule has 11 rings (SSSR count). The first-order valence-electron chi connectivity index (χ1n) is 16.9. The highest BCUT2D eigenvalue weighted by atomic mass is 14.5. The first-order chi connectivity index (χ1) is 23.8. The van der Waals surface area contributed by atoms with Gasteiger partial charge in [0.15, 0.2) is 0 Å². The summed E-state index contributed by atoms with van der Waals surface area (Å²) in [5, 5.41) is 8.04. The third kappa shape index (κ3) is 2.98. The zero-order valence-electron chi connectivity index (χ0n) is 26.3. The molecule has 0 saturated heterocycles. The Labute approximate surface area is 279 Å². The second-order valence-electron chi connectivity index (χ2n) is 13.5. The van der Waals surface area contributed by atoms with Crippen LogP contribution in [0, 0.1) is 0 Å². The quantitative estimate of drug-likeness (QED) is 0.175. The van der Waals surface area contributed by atoms with E-state index < -0.39 is 10.8 Å². The Kier molecular flexibility index (Phi) is 5.07. The lowest BCUT2D eigenvalue weighted by molar-refractivity contribution is 0.744. The molecule has 0 spiro atoms. The van der Waals surface area contributed by atoms with Gasteiger partial charge in [-0.2, -0.15) is 0 Å². The summed E-state index contributed by atoms with van der Waals surface area (Å²) in [5.74, 6) is 0. The van der Waals surface area contributed by atoms with Crippen molar-refractivity contribution >= 4 is 32.3 Å². The first kappa shape index (κ1) is 26.1.